The van der Waals surface area contributed by atoms with E-state index in [0.29, 0.717) is 31.0 Å². The zero-order chi connectivity index (χ0) is 35.8. The number of likely N-dealkylation sites (N-methyl/N-ethyl adjacent to an activating group) is 1. The zero-order valence-corrected chi connectivity index (χ0v) is 29.2. The number of fused-ring (bicyclic) bond motifs is 1. The van der Waals surface area contributed by atoms with Crippen molar-refractivity contribution in [3.05, 3.63) is 136 Å². The average molecular weight is 730 g/mol. The highest BCUT2D eigenvalue weighted by molar-refractivity contribution is 7.93. The highest BCUT2D eigenvalue weighted by atomic mass is 32.2. The second-order valence-corrected chi connectivity index (χ2v) is 15.6. The maximum Gasteiger partial charge on any atom is 0.416 e. The molecule has 5 aromatic rings. The van der Waals surface area contributed by atoms with Crippen LogP contribution in [-0.4, -0.2) is 42.4 Å². The summed E-state index contributed by atoms with van der Waals surface area (Å²) in [6.07, 6.45) is -0.262. The number of nitrogens with zero attached hydrogens (tertiary/aromatic N) is 4. The van der Waals surface area contributed by atoms with Gasteiger partial charge < -0.3 is 4.74 Å². The molecular weight excluding hydrogens is 696 g/mol. The van der Waals surface area contributed by atoms with Gasteiger partial charge in [-0.1, -0.05) is 60.7 Å². The van der Waals surface area contributed by atoms with Crippen LogP contribution in [-0.2, 0) is 28.2 Å². The van der Waals surface area contributed by atoms with E-state index in [0.717, 1.165) is 42.9 Å². The van der Waals surface area contributed by atoms with Crippen molar-refractivity contribution in [2.24, 2.45) is 0 Å². The van der Waals surface area contributed by atoms with E-state index in [1.165, 1.54) is 58.9 Å². The molecular formula is C38H34F3N5O3S2. The minimum Gasteiger partial charge on any atom is -0.488 e. The number of benzene rings is 4. The number of alkyl halides is 3. The second kappa shape index (κ2) is 13.7. The van der Waals surface area contributed by atoms with Crippen LogP contribution in [0.3, 0.4) is 0 Å². The molecule has 51 heavy (non-hydrogen) atoms. The van der Waals surface area contributed by atoms with Crippen molar-refractivity contribution in [2.45, 2.75) is 60.7 Å². The highest BCUT2D eigenvalue weighted by Gasteiger charge is 2.48. The summed E-state index contributed by atoms with van der Waals surface area (Å²) in [6.45, 7) is 0.766. The molecule has 2 bridgehead atoms. The molecule has 1 aromatic heterocycles. The van der Waals surface area contributed by atoms with Gasteiger partial charge in [0.15, 0.2) is 0 Å². The fourth-order valence-electron chi connectivity index (χ4n) is 7.71. The Morgan fingerprint density at radius 3 is 2.35 bits per heavy atom. The van der Waals surface area contributed by atoms with Gasteiger partial charge in [0, 0.05) is 36.0 Å². The van der Waals surface area contributed by atoms with E-state index in [1.807, 2.05) is 11.9 Å². The molecule has 13 heteroatoms. The van der Waals surface area contributed by atoms with Crippen LogP contribution < -0.4 is 9.46 Å². The maximum atomic E-state index is 13.2. The number of aromatic nitrogens is 2. The zero-order valence-electron chi connectivity index (χ0n) is 27.6. The third-order valence-corrected chi connectivity index (χ3v) is 12.0. The molecule has 0 spiro atoms. The lowest BCUT2D eigenvalue weighted by atomic mass is 9.54. The lowest BCUT2D eigenvalue weighted by Crippen LogP contribution is -2.42. The van der Waals surface area contributed by atoms with Gasteiger partial charge in [-0.15, -0.1) is 0 Å². The third kappa shape index (κ3) is 6.96. The molecule has 1 heterocycles. The van der Waals surface area contributed by atoms with E-state index in [9.17, 15) is 26.9 Å². The Morgan fingerprint density at radius 2 is 1.73 bits per heavy atom. The summed E-state index contributed by atoms with van der Waals surface area (Å²) >= 11 is 0.891. The monoisotopic (exact) mass is 729 g/mol. The van der Waals surface area contributed by atoms with Gasteiger partial charge in [0.25, 0.3) is 10.0 Å². The van der Waals surface area contributed by atoms with Crippen LogP contribution in [0, 0.1) is 11.3 Å². The maximum absolute atomic E-state index is 13.2. The predicted molar refractivity (Wildman–Crippen MR) is 188 cm³/mol. The van der Waals surface area contributed by atoms with E-state index in [1.54, 1.807) is 0 Å². The Kier molecular flexibility index (Phi) is 9.34. The van der Waals surface area contributed by atoms with Gasteiger partial charge >= 0.3 is 6.18 Å². The second-order valence-electron chi connectivity index (χ2n) is 13.1. The number of anilines is 1. The SMILES string of the molecule is CN(Cc1ccc(C(F)(F)F)cc1)CC(CCC12CCC(c3ccccc31)c1ccccc12)Oc1ccc(S(=O)(=O)Nc2ncns2)cc1C#N. The fraction of sp³-hybridized carbons (Fsp3) is 0.289. The third-order valence-electron chi connectivity index (χ3n) is 9.96. The van der Waals surface area contributed by atoms with Crippen LogP contribution in [0.2, 0.25) is 0 Å². The van der Waals surface area contributed by atoms with Gasteiger partial charge in [-0.25, -0.2) is 13.4 Å². The summed E-state index contributed by atoms with van der Waals surface area (Å²) in [7, 11) is -2.17. The van der Waals surface area contributed by atoms with E-state index in [4.69, 9.17) is 4.74 Å². The molecule has 0 saturated heterocycles. The molecule has 3 aliphatic rings. The van der Waals surface area contributed by atoms with Gasteiger partial charge in [-0.05, 0) is 90.9 Å². The van der Waals surface area contributed by atoms with Crippen LogP contribution in [0.15, 0.2) is 102 Å². The molecule has 0 amide bonds. The first-order valence-corrected chi connectivity index (χ1v) is 18.8. The Hall–Kier alpha value is -4.77. The van der Waals surface area contributed by atoms with Crippen LogP contribution >= 0.6 is 11.5 Å². The van der Waals surface area contributed by atoms with Gasteiger partial charge in [-0.2, -0.15) is 22.8 Å². The van der Waals surface area contributed by atoms with Crippen molar-refractivity contribution in [1.82, 2.24) is 14.3 Å². The number of nitriles is 1. The van der Waals surface area contributed by atoms with Gasteiger partial charge in [0.2, 0.25) is 5.13 Å². The van der Waals surface area contributed by atoms with Gasteiger partial charge in [0.1, 0.15) is 24.3 Å². The fourth-order valence-corrected chi connectivity index (χ4v) is 9.39. The molecule has 0 fully saturated rings. The van der Waals surface area contributed by atoms with Crippen molar-refractivity contribution < 1.29 is 26.3 Å². The van der Waals surface area contributed by atoms with Crippen molar-refractivity contribution >= 4 is 26.7 Å². The van der Waals surface area contributed by atoms with E-state index < -0.39 is 27.9 Å². The molecule has 4 aromatic carbocycles. The summed E-state index contributed by atoms with van der Waals surface area (Å²) in [5.74, 6) is 0.599. The summed E-state index contributed by atoms with van der Waals surface area (Å²) in [5, 5.41) is 10.2. The first-order chi connectivity index (χ1) is 24.5. The van der Waals surface area contributed by atoms with Crippen molar-refractivity contribution in [3.63, 3.8) is 0 Å². The molecule has 8 rings (SSSR count). The quantitative estimate of drug-likeness (QED) is 0.138. The van der Waals surface area contributed by atoms with E-state index in [-0.39, 0.29) is 26.8 Å². The number of sulfonamides is 1. The van der Waals surface area contributed by atoms with E-state index in [2.05, 4.69) is 68.7 Å². The normalized spacial score (nSPS) is 18.5. The summed E-state index contributed by atoms with van der Waals surface area (Å²) < 4.78 is 78.5. The molecule has 1 N–H and O–H groups in total. The topological polar surface area (TPSA) is 108 Å². The molecule has 3 aliphatic carbocycles. The highest BCUT2D eigenvalue weighted by Crippen LogP contribution is 2.58. The minimum atomic E-state index is -4.42. The summed E-state index contributed by atoms with van der Waals surface area (Å²) in [6, 6.07) is 28.6. The Morgan fingerprint density at radius 1 is 1.04 bits per heavy atom. The molecule has 8 nitrogen and oxygen atoms in total. The number of hydrogen-bond donors (Lipinski definition) is 1. The Balaban J connectivity index is 1.17. The van der Waals surface area contributed by atoms with Crippen LogP contribution in [0.25, 0.3) is 0 Å². The Labute approximate surface area is 298 Å². The molecule has 1 atom stereocenters. The number of ether oxygens (including phenoxy) is 1. The average Bonchev–Trinajstić information content (AvgIpc) is 3.63. The van der Waals surface area contributed by atoms with Crippen molar-refractivity contribution in [3.8, 4) is 11.8 Å². The molecule has 0 saturated carbocycles. The molecule has 0 radical (unpaired) electrons. The van der Waals surface area contributed by atoms with Gasteiger partial charge in [-0.3, -0.25) is 9.62 Å². The largest absolute Gasteiger partial charge is 0.488 e. The van der Waals surface area contributed by atoms with Crippen molar-refractivity contribution in [1.29, 1.82) is 5.26 Å². The Bertz CT molecular complexity index is 2140. The van der Waals surface area contributed by atoms with Crippen LogP contribution in [0.1, 0.15) is 70.5 Å². The first kappa shape index (κ1) is 34.7. The van der Waals surface area contributed by atoms with E-state index >= 15 is 0 Å². The molecule has 262 valence electrons. The van der Waals surface area contributed by atoms with Crippen LogP contribution in [0.4, 0.5) is 18.3 Å². The lowest BCUT2D eigenvalue weighted by Gasteiger charge is -2.50. The van der Waals surface area contributed by atoms with Crippen molar-refractivity contribution in [2.75, 3.05) is 18.3 Å². The predicted octanol–water partition coefficient (Wildman–Crippen LogP) is 8.11. The number of hydrogen-bond acceptors (Lipinski definition) is 8. The minimum absolute atomic E-state index is 0.0533. The summed E-state index contributed by atoms with van der Waals surface area (Å²) in [5.41, 5.74) is 5.19. The number of rotatable bonds is 12. The first-order valence-electron chi connectivity index (χ1n) is 16.5. The summed E-state index contributed by atoms with van der Waals surface area (Å²) in [4.78, 5) is 5.74. The van der Waals surface area contributed by atoms with Crippen LogP contribution in [0.5, 0.6) is 5.75 Å². The molecule has 0 aliphatic heterocycles. The lowest BCUT2D eigenvalue weighted by molar-refractivity contribution is -0.137. The molecule has 1 unspecified atom stereocenters. The number of halogens is 3. The standard InChI is InChI=1S/C38H34F3N5O3S2/c1-46(22-25-10-12-27(13-11-25)38(39,40)41)23-28(49-35-15-14-29(20-26(35)21-42)51(47,48)45-36-43-24-44-50-36)16-18-37-19-17-30(31-6-2-4-8-33(31)37)32-7-3-5-9-34(32)37/h2-15,20,24,28,30H,16-19,22-23H2,1H3,(H,43,44,45). The number of nitrogens with one attached hydrogen (secondary N) is 1. The smallest absolute Gasteiger partial charge is 0.416 e. The van der Waals surface area contributed by atoms with Gasteiger partial charge in [0.05, 0.1) is 16.0 Å².